The maximum absolute atomic E-state index is 13.4. The number of carbonyl (C=O) groups excluding carboxylic acids is 1. The Bertz CT molecular complexity index is 615. The van der Waals surface area contributed by atoms with Crippen molar-refractivity contribution in [1.29, 1.82) is 0 Å². The van der Waals surface area contributed by atoms with Gasteiger partial charge in [-0.2, -0.15) is 0 Å². The molecule has 1 aromatic carbocycles. The van der Waals surface area contributed by atoms with Gasteiger partial charge in [-0.05, 0) is 29.2 Å². The normalized spacial score (nSPS) is 11.2. The van der Waals surface area contributed by atoms with Crippen LogP contribution >= 0.6 is 0 Å². The van der Waals surface area contributed by atoms with Gasteiger partial charge in [-0.25, -0.2) is 4.39 Å². The van der Waals surface area contributed by atoms with Gasteiger partial charge in [-0.3, -0.25) is 9.78 Å². The fourth-order valence-electron chi connectivity index (χ4n) is 1.81. The molecule has 0 saturated carbocycles. The molecule has 1 aromatic heterocycles. The standard InChI is InChI=1S/C16H17FN2O/c1-16(2,3)11-4-6-12(7-5-11)19-15(20)13-8-9-18-10-14(13)17/h4-10H,1-3H3,(H,19,20). The van der Waals surface area contributed by atoms with Gasteiger partial charge in [0.05, 0.1) is 11.8 Å². The lowest BCUT2D eigenvalue weighted by Crippen LogP contribution is -2.15. The van der Waals surface area contributed by atoms with E-state index in [2.05, 4.69) is 31.1 Å². The van der Waals surface area contributed by atoms with Crippen LogP contribution in [0.25, 0.3) is 0 Å². The van der Waals surface area contributed by atoms with E-state index in [4.69, 9.17) is 0 Å². The summed E-state index contributed by atoms with van der Waals surface area (Å²) in [5.41, 5.74) is 1.85. The summed E-state index contributed by atoms with van der Waals surface area (Å²) in [7, 11) is 0. The molecule has 0 aliphatic heterocycles. The largest absolute Gasteiger partial charge is 0.322 e. The Morgan fingerprint density at radius 1 is 1.15 bits per heavy atom. The van der Waals surface area contributed by atoms with E-state index in [1.165, 1.54) is 17.8 Å². The van der Waals surface area contributed by atoms with E-state index in [-0.39, 0.29) is 11.0 Å². The third kappa shape index (κ3) is 3.20. The van der Waals surface area contributed by atoms with E-state index in [1.807, 2.05) is 24.3 Å². The smallest absolute Gasteiger partial charge is 0.258 e. The maximum Gasteiger partial charge on any atom is 0.258 e. The summed E-state index contributed by atoms with van der Waals surface area (Å²) >= 11 is 0. The average molecular weight is 272 g/mol. The number of halogens is 1. The highest BCUT2D eigenvalue weighted by Gasteiger charge is 2.14. The Morgan fingerprint density at radius 3 is 2.35 bits per heavy atom. The van der Waals surface area contributed by atoms with Crippen LogP contribution in [0, 0.1) is 5.82 Å². The molecule has 1 N–H and O–H groups in total. The van der Waals surface area contributed by atoms with Gasteiger partial charge in [-0.15, -0.1) is 0 Å². The van der Waals surface area contributed by atoms with Crippen LogP contribution in [0.5, 0.6) is 0 Å². The number of nitrogens with one attached hydrogen (secondary N) is 1. The number of nitrogens with zero attached hydrogens (tertiary/aromatic N) is 1. The van der Waals surface area contributed by atoms with Crippen LogP contribution in [0.1, 0.15) is 36.7 Å². The highest BCUT2D eigenvalue weighted by molar-refractivity contribution is 6.04. The van der Waals surface area contributed by atoms with E-state index in [0.29, 0.717) is 5.69 Å². The van der Waals surface area contributed by atoms with Crippen molar-refractivity contribution in [2.45, 2.75) is 26.2 Å². The zero-order valence-electron chi connectivity index (χ0n) is 11.8. The van der Waals surface area contributed by atoms with Crippen molar-refractivity contribution in [3.63, 3.8) is 0 Å². The van der Waals surface area contributed by atoms with Crippen molar-refractivity contribution in [1.82, 2.24) is 4.98 Å². The molecule has 0 unspecified atom stereocenters. The molecular weight excluding hydrogens is 255 g/mol. The Labute approximate surface area is 117 Å². The Balaban J connectivity index is 2.15. The number of benzene rings is 1. The monoisotopic (exact) mass is 272 g/mol. The predicted molar refractivity (Wildman–Crippen MR) is 77.3 cm³/mol. The molecule has 0 spiro atoms. The van der Waals surface area contributed by atoms with Gasteiger partial charge < -0.3 is 5.32 Å². The number of anilines is 1. The Morgan fingerprint density at radius 2 is 1.80 bits per heavy atom. The SMILES string of the molecule is CC(C)(C)c1ccc(NC(=O)c2ccncc2F)cc1. The third-order valence-electron chi connectivity index (χ3n) is 3.03. The molecule has 0 fully saturated rings. The van der Waals surface area contributed by atoms with Gasteiger partial charge in [0.1, 0.15) is 0 Å². The molecule has 0 aliphatic carbocycles. The van der Waals surface area contributed by atoms with Crippen molar-refractivity contribution in [3.05, 3.63) is 59.7 Å². The number of hydrogen-bond donors (Lipinski definition) is 1. The number of carbonyl (C=O) groups is 1. The lowest BCUT2D eigenvalue weighted by molar-refractivity contribution is 0.102. The average Bonchev–Trinajstić information content (AvgIpc) is 2.38. The molecule has 2 aromatic rings. The van der Waals surface area contributed by atoms with Crippen LogP contribution in [0.2, 0.25) is 0 Å². The second kappa shape index (κ2) is 5.41. The summed E-state index contributed by atoms with van der Waals surface area (Å²) in [6.45, 7) is 6.35. The molecule has 3 nitrogen and oxygen atoms in total. The zero-order chi connectivity index (χ0) is 14.8. The van der Waals surface area contributed by atoms with Crippen molar-refractivity contribution < 1.29 is 9.18 Å². The minimum atomic E-state index is -0.628. The highest BCUT2D eigenvalue weighted by Crippen LogP contribution is 2.23. The fraction of sp³-hybridized carbons (Fsp3) is 0.250. The van der Waals surface area contributed by atoms with Crippen LogP contribution in [0.15, 0.2) is 42.7 Å². The van der Waals surface area contributed by atoms with Crippen molar-refractivity contribution in [2.24, 2.45) is 0 Å². The molecule has 104 valence electrons. The molecule has 1 heterocycles. The van der Waals surface area contributed by atoms with E-state index in [9.17, 15) is 9.18 Å². The van der Waals surface area contributed by atoms with E-state index in [1.54, 1.807) is 0 Å². The molecule has 0 bridgehead atoms. The minimum absolute atomic E-state index is 0.0140. The Hall–Kier alpha value is -2.23. The van der Waals surface area contributed by atoms with Crippen molar-refractivity contribution in [2.75, 3.05) is 5.32 Å². The molecule has 20 heavy (non-hydrogen) atoms. The minimum Gasteiger partial charge on any atom is -0.322 e. The van der Waals surface area contributed by atoms with Crippen LogP contribution in [0.4, 0.5) is 10.1 Å². The lowest BCUT2D eigenvalue weighted by Gasteiger charge is -2.19. The summed E-state index contributed by atoms with van der Waals surface area (Å²) in [6.07, 6.45) is 2.41. The second-order valence-corrected chi connectivity index (χ2v) is 5.64. The van der Waals surface area contributed by atoms with Gasteiger partial charge in [-0.1, -0.05) is 32.9 Å². The zero-order valence-corrected chi connectivity index (χ0v) is 11.8. The predicted octanol–water partition coefficient (Wildman–Crippen LogP) is 3.77. The van der Waals surface area contributed by atoms with Crippen molar-refractivity contribution >= 4 is 11.6 Å². The first-order valence-corrected chi connectivity index (χ1v) is 6.39. The molecule has 0 radical (unpaired) electrons. The molecule has 4 heteroatoms. The number of pyridine rings is 1. The molecule has 2 rings (SSSR count). The molecule has 0 atom stereocenters. The summed E-state index contributed by atoms with van der Waals surface area (Å²) < 4.78 is 13.4. The number of hydrogen-bond acceptors (Lipinski definition) is 2. The topological polar surface area (TPSA) is 42.0 Å². The lowest BCUT2D eigenvalue weighted by atomic mass is 9.87. The van der Waals surface area contributed by atoms with Gasteiger partial charge in [0, 0.05) is 11.9 Å². The summed E-state index contributed by atoms with van der Waals surface area (Å²) in [6, 6.07) is 8.90. The summed E-state index contributed by atoms with van der Waals surface area (Å²) in [5, 5.41) is 2.67. The quantitative estimate of drug-likeness (QED) is 0.904. The van der Waals surface area contributed by atoms with E-state index in [0.717, 1.165) is 6.20 Å². The summed E-state index contributed by atoms with van der Waals surface area (Å²) in [4.78, 5) is 15.6. The molecule has 0 aliphatic rings. The van der Waals surface area contributed by atoms with Gasteiger partial charge in [0.2, 0.25) is 0 Å². The van der Waals surface area contributed by atoms with Crippen LogP contribution in [0.3, 0.4) is 0 Å². The van der Waals surface area contributed by atoms with Gasteiger partial charge in [0.15, 0.2) is 5.82 Å². The van der Waals surface area contributed by atoms with Crippen LogP contribution < -0.4 is 5.32 Å². The number of rotatable bonds is 2. The van der Waals surface area contributed by atoms with Crippen LogP contribution in [-0.4, -0.2) is 10.9 Å². The fourth-order valence-corrected chi connectivity index (χ4v) is 1.81. The Kier molecular flexibility index (Phi) is 3.84. The first-order valence-electron chi connectivity index (χ1n) is 6.39. The van der Waals surface area contributed by atoms with Crippen LogP contribution in [-0.2, 0) is 5.41 Å². The molecular formula is C16H17FN2O. The maximum atomic E-state index is 13.4. The molecule has 1 amide bonds. The van der Waals surface area contributed by atoms with Gasteiger partial charge >= 0.3 is 0 Å². The first kappa shape index (κ1) is 14.2. The summed E-state index contributed by atoms with van der Waals surface area (Å²) in [5.74, 6) is -1.11. The van der Waals surface area contributed by atoms with Gasteiger partial charge in [0.25, 0.3) is 5.91 Å². The number of amides is 1. The van der Waals surface area contributed by atoms with Crippen molar-refractivity contribution in [3.8, 4) is 0 Å². The van der Waals surface area contributed by atoms with E-state index < -0.39 is 11.7 Å². The molecule has 0 saturated heterocycles. The second-order valence-electron chi connectivity index (χ2n) is 5.64. The third-order valence-corrected chi connectivity index (χ3v) is 3.03. The van der Waals surface area contributed by atoms with E-state index >= 15 is 0 Å². The highest BCUT2D eigenvalue weighted by atomic mass is 19.1. The first-order chi connectivity index (χ1) is 9.38. The number of aromatic nitrogens is 1.